The molecule has 0 unspecified atom stereocenters. The molecule has 0 aliphatic heterocycles. The Balaban J connectivity index is 1.86. The van der Waals surface area contributed by atoms with Crippen LogP contribution in [0.25, 0.3) is 0 Å². The number of carbonyl (C=O) groups is 1. The van der Waals surface area contributed by atoms with Gasteiger partial charge < -0.3 is 4.42 Å². The standard InChI is InChI=1S/C12H10N4O4/c17-11(6-9-2-1-5-13-7-9)15-14-8-10-3-4-12(20-10)16(18)19/h1-5,7-8H,6H2,(H,15,17)/p+1. The van der Waals surface area contributed by atoms with Gasteiger partial charge in [-0.2, -0.15) is 5.10 Å². The summed E-state index contributed by atoms with van der Waals surface area (Å²) in [5.74, 6) is -0.496. The number of nitrogens with one attached hydrogen (secondary N) is 2. The lowest BCUT2D eigenvalue weighted by atomic mass is 10.2. The van der Waals surface area contributed by atoms with Gasteiger partial charge in [-0.1, -0.05) is 0 Å². The average molecular weight is 275 g/mol. The molecule has 0 aliphatic rings. The number of pyridine rings is 1. The number of aromatic amines is 1. The van der Waals surface area contributed by atoms with Crippen LogP contribution in [0.3, 0.4) is 0 Å². The smallest absolute Gasteiger partial charge is 0.400 e. The van der Waals surface area contributed by atoms with Crippen molar-refractivity contribution >= 4 is 18.0 Å². The van der Waals surface area contributed by atoms with E-state index in [2.05, 4.69) is 15.5 Å². The fourth-order valence-electron chi connectivity index (χ4n) is 1.44. The molecule has 20 heavy (non-hydrogen) atoms. The van der Waals surface area contributed by atoms with Crippen molar-refractivity contribution in [2.75, 3.05) is 0 Å². The van der Waals surface area contributed by atoms with Gasteiger partial charge in [0.15, 0.2) is 18.2 Å². The lowest BCUT2D eigenvalue weighted by molar-refractivity contribution is -0.402. The normalized spacial score (nSPS) is 10.6. The van der Waals surface area contributed by atoms with Crippen LogP contribution in [-0.4, -0.2) is 17.0 Å². The van der Waals surface area contributed by atoms with Gasteiger partial charge in [0.25, 0.3) is 0 Å². The molecule has 0 atom stereocenters. The van der Waals surface area contributed by atoms with Crippen molar-refractivity contribution in [3.63, 3.8) is 0 Å². The zero-order valence-corrected chi connectivity index (χ0v) is 10.3. The first-order valence-electron chi connectivity index (χ1n) is 5.66. The molecule has 1 amide bonds. The number of aromatic nitrogens is 1. The van der Waals surface area contributed by atoms with Crippen molar-refractivity contribution in [2.45, 2.75) is 6.42 Å². The second-order valence-corrected chi connectivity index (χ2v) is 3.81. The van der Waals surface area contributed by atoms with E-state index in [1.165, 1.54) is 18.3 Å². The lowest BCUT2D eigenvalue weighted by Gasteiger charge is -1.96. The summed E-state index contributed by atoms with van der Waals surface area (Å²) in [6, 6.07) is 6.19. The van der Waals surface area contributed by atoms with Gasteiger partial charge in [-0.25, -0.2) is 10.4 Å². The first kappa shape index (κ1) is 13.4. The van der Waals surface area contributed by atoms with Gasteiger partial charge in [-0.15, -0.1) is 0 Å². The fraction of sp³-hybridized carbons (Fsp3) is 0.0833. The maximum Gasteiger partial charge on any atom is 0.433 e. The van der Waals surface area contributed by atoms with Crippen molar-refractivity contribution in [2.24, 2.45) is 5.10 Å². The minimum atomic E-state index is -0.651. The summed E-state index contributed by atoms with van der Waals surface area (Å²) >= 11 is 0. The van der Waals surface area contributed by atoms with Crippen LogP contribution in [0.1, 0.15) is 11.3 Å². The molecule has 2 aromatic heterocycles. The van der Waals surface area contributed by atoms with E-state index >= 15 is 0 Å². The maximum atomic E-state index is 11.5. The van der Waals surface area contributed by atoms with Crippen LogP contribution in [0.5, 0.6) is 0 Å². The van der Waals surface area contributed by atoms with E-state index in [1.54, 1.807) is 24.5 Å². The number of hydrazone groups is 1. The minimum absolute atomic E-state index is 0.174. The van der Waals surface area contributed by atoms with Crippen LogP contribution in [0, 0.1) is 10.1 Å². The van der Waals surface area contributed by atoms with E-state index < -0.39 is 4.92 Å². The van der Waals surface area contributed by atoms with Crippen LogP contribution in [-0.2, 0) is 11.2 Å². The SMILES string of the molecule is O=C(Cc1ccc[nH+]c1)NN=Cc1ccc([N+](=O)[O-])o1. The Hall–Kier alpha value is -3.03. The number of carbonyl (C=O) groups excluding carboxylic acids is 1. The van der Waals surface area contributed by atoms with Crippen LogP contribution < -0.4 is 10.4 Å². The van der Waals surface area contributed by atoms with Gasteiger partial charge in [0.05, 0.1) is 18.7 Å². The number of nitrogens with zero attached hydrogens (tertiary/aromatic N) is 2. The molecular weight excluding hydrogens is 264 g/mol. The number of amides is 1. The molecule has 0 aliphatic carbocycles. The summed E-state index contributed by atoms with van der Waals surface area (Å²) in [6.07, 6.45) is 4.82. The van der Waals surface area contributed by atoms with E-state index in [0.29, 0.717) is 0 Å². The molecule has 0 saturated carbocycles. The zero-order valence-electron chi connectivity index (χ0n) is 10.3. The van der Waals surface area contributed by atoms with Gasteiger partial charge in [-0.3, -0.25) is 14.9 Å². The Kier molecular flexibility index (Phi) is 4.17. The Bertz CT molecular complexity index is 636. The van der Waals surface area contributed by atoms with Crippen LogP contribution in [0.15, 0.2) is 46.2 Å². The summed E-state index contributed by atoms with van der Waals surface area (Å²) in [4.78, 5) is 24.1. The molecule has 0 fully saturated rings. The molecule has 8 nitrogen and oxygen atoms in total. The van der Waals surface area contributed by atoms with Gasteiger partial charge in [0.2, 0.25) is 5.91 Å². The quantitative estimate of drug-likeness (QED) is 0.491. The van der Waals surface area contributed by atoms with Gasteiger partial charge in [0, 0.05) is 11.6 Å². The van der Waals surface area contributed by atoms with Gasteiger partial charge >= 0.3 is 5.88 Å². The molecule has 0 bridgehead atoms. The van der Waals surface area contributed by atoms with Crippen molar-refractivity contribution in [3.8, 4) is 0 Å². The van der Waals surface area contributed by atoms with Crippen molar-refractivity contribution in [1.82, 2.24) is 5.43 Å². The summed E-state index contributed by atoms with van der Waals surface area (Å²) in [7, 11) is 0. The molecule has 0 saturated heterocycles. The average Bonchev–Trinajstić information content (AvgIpc) is 2.89. The summed E-state index contributed by atoms with van der Waals surface area (Å²) in [6.45, 7) is 0. The predicted octanol–water partition coefficient (Wildman–Crippen LogP) is 0.695. The highest BCUT2D eigenvalue weighted by molar-refractivity contribution is 5.81. The second-order valence-electron chi connectivity index (χ2n) is 3.81. The molecule has 0 spiro atoms. The minimum Gasteiger partial charge on any atom is -0.400 e. The summed E-state index contributed by atoms with van der Waals surface area (Å²) in [5, 5.41) is 14.1. The van der Waals surface area contributed by atoms with Crippen molar-refractivity contribution in [3.05, 3.63) is 58.1 Å². The van der Waals surface area contributed by atoms with Crippen LogP contribution in [0.4, 0.5) is 5.88 Å². The van der Waals surface area contributed by atoms with E-state index in [4.69, 9.17) is 4.42 Å². The van der Waals surface area contributed by atoms with E-state index in [0.717, 1.165) is 5.56 Å². The topological polar surface area (TPSA) is 112 Å². The van der Waals surface area contributed by atoms with Gasteiger partial charge in [-0.05, 0) is 12.1 Å². The number of hydrogen-bond donors (Lipinski definition) is 1. The van der Waals surface area contributed by atoms with Crippen LogP contribution in [0.2, 0.25) is 0 Å². The van der Waals surface area contributed by atoms with Crippen molar-refractivity contribution < 1.29 is 19.1 Å². The molecule has 102 valence electrons. The summed E-state index contributed by atoms with van der Waals surface area (Å²) < 4.78 is 4.84. The van der Waals surface area contributed by atoms with Crippen molar-refractivity contribution in [1.29, 1.82) is 0 Å². The third-order valence-corrected chi connectivity index (χ3v) is 2.31. The highest BCUT2D eigenvalue weighted by Gasteiger charge is 2.10. The second kappa shape index (κ2) is 6.23. The zero-order chi connectivity index (χ0) is 14.4. The number of nitro groups is 1. The van der Waals surface area contributed by atoms with Crippen LogP contribution >= 0.6 is 0 Å². The Labute approximate surface area is 113 Å². The Morgan fingerprint density at radius 3 is 3.00 bits per heavy atom. The molecular formula is C12H11N4O4+. The highest BCUT2D eigenvalue weighted by atomic mass is 16.6. The fourth-order valence-corrected chi connectivity index (χ4v) is 1.44. The predicted molar refractivity (Wildman–Crippen MR) is 67.8 cm³/mol. The van der Waals surface area contributed by atoms with E-state index in [1.807, 2.05) is 0 Å². The number of hydrogen-bond acceptors (Lipinski definition) is 5. The van der Waals surface area contributed by atoms with E-state index in [9.17, 15) is 14.9 Å². The maximum absolute atomic E-state index is 11.5. The van der Waals surface area contributed by atoms with Gasteiger partial charge in [0.1, 0.15) is 4.92 Å². The molecule has 2 heterocycles. The first-order chi connectivity index (χ1) is 9.65. The summed E-state index contributed by atoms with van der Waals surface area (Å²) in [5.41, 5.74) is 3.12. The number of H-pyrrole nitrogens is 1. The molecule has 0 aromatic carbocycles. The lowest BCUT2D eigenvalue weighted by Crippen LogP contribution is -2.20. The largest absolute Gasteiger partial charge is 0.433 e. The Morgan fingerprint density at radius 1 is 1.50 bits per heavy atom. The first-order valence-corrected chi connectivity index (χ1v) is 5.66. The number of furan rings is 1. The third kappa shape index (κ3) is 3.73. The number of rotatable bonds is 5. The monoisotopic (exact) mass is 275 g/mol. The molecule has 0 radical (unpaired) electrons. The molecule has 8 heteroatoms. The molecule has 2 rings (SSSR count). The van der Waals surface area contributed by atoms with E-state index in [-0.39, 0.29) is 24.0 Å². The third-order valence-electron chi connectivity index (χ3n) is 2.31. The molecule has 2 N–H and O–H groups in total. The molecule has 2 aromatic rings. The highest BCUT2D eigenvalue weighted by Crippen LogP contribution is 2.13. The Morgan fingerprint density at radius 2 is 2.35 bits per heavy atom.